The van der Waals surface area contributed by atoms with Gasteiger partial charge in [0.25, 0.3) is 0 Å². The van der Waals surface area contributed by atoms with Crippen LogP contribution in [-0.2, 0) is 25.7 Å². The van der Waals surface area contributed by atoms with E-state index in [1.165, 1.54) is 75.5 Å². The van der Waals surface area contributed by atoms with Gasteiger partial charge in [-0.2, -0.15) is 0 Å². The Morgan fingerprint density at radius 1 is 0.917 bits per heavy atom. The lowest BCUT2D eigenvalue weighted by Gasteiger charge is -2.33. The third-order valence-corrected chi connectivity index (χ3v) is 8.03. The first-order chi connectivity index (χ1) is 17.6. The average molecular weight is 488 g/mol. The maximum absolute atomic E-state index is 13.0. The molecule has 0 saturated carbocycles. The van der Waals surface area contributed by atoms with Gasteiger partial charge in [0.15, 0.2) is 0 Å². The Hall–Kier alpha value is -2.59. The van der Waals surface area contributed by atoms with E-state index in [-0.39, 0.29) is 5.82 Å². The van der Waals surface area contributed by atoms with Crippen LogP contribution in [0.3, 0.4) is 0 Å². The summed E-state index contributed by atoms with van der Waals surface area (Å²) in [5.74, 6) is 1.68. The highest BCUT2D eigenvalue weighted by Crippen LogP contribution is 2.32. The monoisotopic (exact) mass is 487 g/mol. The van der Waals surface area contributed by atoms with Crippen LogP contribution >= 0.6 is 0 Å². The van der Waals surface area contributed by atoms with Crippen LogP contribution < -0.4 is 0 Å². The van der Waals surface area contributed by atoms with Gasteiger partial charge in [-0.15, -0.1) is 0 Å². The predicted molar refractivity (Wildman–Crippen MR) is 151 cm³/mol. The summed E-state index contributed by atoms with van der Waals surface area (Å²) >= 11 is 0. The van der Waals surface area contributed by atoms with Gasteiger partial charge in [0.1, 0.15) is 12.2 Å². The normalized spacial score (nSPS) is 20.4. The second kappa shape index (κ2) is 13.6. The van der Waals surface area contributed by atoms with Gasteiger partial charge in [-0.05, 0) is 123 Å². The van der Waals surface area contributed by atoms with Gasteiger partial charge in [0.2, 0.25) is 0 Å². The second-order valence-electron chi connectivity index (χ2n) is 10.7. The molecule has 0 bridgehead atoms. The summed E-state index contributed by atoms with van der Waals surface area (Å²) in [6, 6.07) is 14.2. The zero-order chi connectivity index (χ0) is 25.2. The molecular formula is C32H42FN3. The molecular weight excluding hydrogens is 445 g/mol. The first-order valence-electron chi connectivity index (χ1n) is 13.9. The van der Waals surface area contributed by atoms with Crippen molar-refractivity contribution in [1.82, 2.24) is 4.90 Å². The van der Waals surface area contributed by atoms with E-state index in [1.54, 1.807) is 29.5 Å². The van der Waals surface area contributed by atoms with Crippen molar-refractivity contribution >= 4 is 12.6 Å². The van der Waals surface area contributed by atoms with Crippen molar-refractivity contribution in [3.05, 3.63) is 82.7 Å². The number of likely N-dealkylation sites (tertiary alicyclic amines) is 1. The van der Waals surface area contributed by atoms with Crippen LogP contribution in [0.25, 0.3) is 0 Å². The summed E-state index contributed by atoms with van der Waals surface area (Å²) in [6.45, 7) is 10.2. The number of fused-ring (bicyclic) bond motifs is 1. The van der Waals surface area contributed by atoms with Gasteiger partial charge < -0.3 is 4.90 Å². The molecule has 192 valence electrons. The van der Waals surface area contributed by atoms with Crippen LogP contribution in [-0.4, -0.2) is 43.6 Å². The Morgan fingerprint density at radius 3 is 2.25 bits per heavy atom. The Kier molecular flexibility index (Phi) is 10.0. The lowest BCUT2D eigenvalue weighted by atomic mass is 9.83. The summed E-state index contributed by atoms with van der Waals surface area (Å²) in [4.78, 5) is 10.2. The average Bonchev–Trinajstić information content (AvgIpc) is 3.12. The lowest BCUT2D eigenvalue weighted by molar-refractivity contribution is 0.165. The van der Waals surface area contributed by atoms with E-state index < -0.39 is 0 Å². The number of hydrogen-bond donors (Lipinski definition) is 0. The third-order valence-electron chi connectivity index (χ3n) is 8.03. The summed E-state index contributed by atoms with van der Waals surface area (Å²) in [5, 5.41) is 0. The van der Waals surface area contributed by atoms with Crippen LogP contribution in [0.1, 0.15) is 61.3 Å². The number of halogens is 1. The second-order valence-corrected chi connectivity index (χ2v) is 10.7. The fourth-order valence-corrected chi connectivity index (χ4v) is 5.72. The molecule has 2 aliphatic heterocycles. The summed E-state index contributed by atoms with van der Waals surface area (Å²) < 4.78 is 13.0. The van der Waals surface area contributed by atoms with E-state index in [2.05, 4.69) is 46.6 Å². The predicted octanol–water partition coefficient (Wildman–Crippen LogP) is 6.88. The standard InChI is InChI=1S/C27H36FN.C5H6N2/c1-2-21-3-8-25-9-4-23(5-10-26(25)20-21)19-24-14-17-29(18-15-24)16-13-22-6-11-27(28)12-7-22;1-5-2-6-4-7-3-5/h3,6-8,11-12,20,23-24H,2,4-5,9-10,13-19H2,1H3;2,4H,1,3H2. The highest BCUT2D eigenvalue weighted by Gasteiger charge is 2.24. The molecule has 36 heavy (non-hydrogen) atoms. The van der Waals surface area contributed by atoms with Crippen molar-refractivity contribution in [2.24, 2.45) is 21.8 Å². The molecule has 2 aromatic carbocycles. The molecule has 4 heteroatoms. The van der Waals surface area contributed by atoms with Crippen LogP contribution in [0.5, 0.6) is 0 Å². The quantitative estimate of drug-likeness (QED) is 0.408. The summed E-state index contributed by atoms with van der Waals surface area (Å²) in [7, 11) is 0. The first kappa shape index (κ1) is 26.5. The largest absolute Gasteiger partial charge is 0.303 e. The minimum atomic E-state index is -0.137. The molecule has 3 aliphatic rings. The first-order valence-corrected chi connectivity index (χ1v) is 13.9. The van der Waals surface area contributed by atoms with E-state index in [4.69, 9.17) is 0 Å². The molecule has 2 aromatic rings. The van der Waals surface area contributed by atoms with Crippen molar-refractivity contribution in [3.8, 4) is 0 Å². The molecule has 1 atom stereocenters. The van der Waals surface area contributed by atoms with Gasteiger partial charge in [-0.3, -0.25) is 4.99 Å². The molecule has 3 nitrogen and oxygen atoms in total. The van der Waals surface area contributed by atoms with Gasteiger partial charge >= 0.3 is 0 Å². The maximum atomic E-state index is 13.0. The van der Waals surface area contributed by atoms with Gasteiger partial charge in [-0.25, -0.2) is 9.38 Å². The Balaban J connectivity index is 0.000000375. The number of aryl methyl sites for hydroxylation is 3. The minimum Gasteiger partial charge on any atom is -0.303 e. The summed E-state index contributed by atoms with van der Waals surface area (Å²) in [6.07, 6.45) is 14.9. The zero-order valence-electron chi connectivity index (χ0n) is 22.0. The molecule has 0 N–H and O–H groups in total. The number of hydrogen-bond acceptors (Lipinski definition) is 3. The van der Waals surface area contributed by atoms with Crippen molar-refractivity contribution in [3.63, 3.8) is 0 Å². The SMILES string of the molecule is C=C1C=NC=NC1.CCc1ccc2c(c1)CCC(CC1CCN(CCc3ccc(F)cc3)CC1)CC2. The third kappa shape index (κ3) is 8.23. The van der Waals surface area contributed by atoms with E-state index in [0.29, 0.717) is 6.54 Å². The Bertz CT molecular complexity index is 1030. The highest BCUT2D eigenvalue weighted by molar-refractivity contribution is 5.87. The van der Waals surface area contributed by atoms with Crippen LogP contribution in [0, 0.1) is 17.7 Å². The van der Waals surface area contributed by atoms with E-state index in [9.17, 15) is 4.39 Å². The fourth-order valence-electron chi connectivity index (χ4n) is 5.72. The number of nitrogens with zero attached hydrogens (tertiary/aromatic N) is 3. The van der Waals surface area contributed by atoms with Crippen LogP contribution in [0.2, 0.25) is 0 Å². The number of piperidine rings is 1. The van der Waals surface area contributed by atoms with Crippen molar-refractivity contribution in [1.29, 1.82) is 0 Å². The molecule has 0 aromatic heterocycles. The van der Waals surface area contributed by atoms with Crippen LogP contribution in [0.4, 0.5) is 4.39 Å². The molecule has 0 spiro atoms. The smallest absolute Gasteiger partial charge is 0.123 e. The Labute approximate surface area is 217 Å². The maximum Gasteiger partial charge on any atom is 0.123 e. The van der Waals surface area contributed by atoms with Crippen molar-refractivity contribution in [2.45, 2.75) is 64.7 Å². The molecule has 1 unspecified atom stereocenters. The molecule has 2 heterocycles. The van der Waals surface area contributed by atoms with Gasteiger partial charge in [-0.1, -0.05) is 43.8 Å². The van der Waals surface area contributed by atoms with Crippen LogP contribution in [0.15, 0.2) is 64.6 Å². The Morgan fingerprint density at radius 2 is 1.61 bits per heavy atom. The topological polar surface area (TPSA) is 28.0 Å². The van der Waals surface area contributed by atoms with E-state index >= 15 is 0 Å². The minimum absolute atomic E-state index is 0.137. The molecule has 1 aliphatic carbocycles. The molecule has 1 fully saturated rings. The fraction of sp³-hybridized carbons (Fsp3) is 0.500. The van der Waals surface area contributed by atoms with Gasteiger partial charge in [0.05, 0.1) is 6.54 Å². The number of rotatable bonds is 6. The van der Waals surface area contributed by atoms with E-state index in [0.717, 1.165) is 36.8 Å². The van der Waals surface area contributed by atoms with Crippen molar-refractivity contribution < 1.29 is 4.39 Å². The molecule has 1 saturated heterocycles. The zero-order valence-corrected chi connectivity index (χ0v) is 22.0. The molecule has 5 rings (SSSR count). The van der Waals surface area contributed by atoms with Crippen molar-refractivity contribution in [2.75, 3.05) is 26.2 Å². The number of benzene rings is 2. The summed E-state index contributed by atoms with van der Waals surface area (Å²) in [5.41, 5.74) is 6.96. The molecule has 0 amide bonds. The van der Waals surface area contributed by atoms with Gasteiger partial charge in [0, 0.05) is 12.8 Å². The molecule has 0 radical (unpaired) electrons. The highest BCUT2D eigenvalue weighted by atomic mass is 19.1. The number of aliphatic imine (C=N–C) groups is 2. The van der Waals surface area contributed by atoms with E-state index in [1.807, 2.05) is 12.1 Å². The lowest BCUT2D eigenvalue weighted by Crippen LogP contribution is -2.35.